The summed E-state index contributed by atoms with van der Waals surface area (Å²) in [5.41, 5.74) is 0.997. The van der Waals surface area contributed by atoms with Gasteiger partial charge >= 0.3 is 6.09 Å². The summed E-state index contributed by atoms with van der Waals surface area (Å²) >= 11 is 0. The van der Waals surface area contributed by atoms with Crippen LogP contribution in [0.15, 0.2) is 30.3 Å². The van der Waals surface area contributed by atoms with Crippen LogP contribution in [0.4, 0.5) is 4.79 Å². The van der Waals surface area contributed by atoms with Gasteiger partial charge in [0, 0.05) is 39.3 Å². The van der Waals surface area contributed by atoms with Crippen LogP contribution >= 0.6 is 0 Å². The number of carbonyl (C=O) groups is 1. The zero-order chi connectivity index (χ0) is 19.3. The molecule has 2 aliphatic heterocycles. The first-order valence-corrected chi connectivity index (χ1v) is 10.4. The van der Waals surface area contributed by atoms with Crippen LogP contribution in [0.5, 0.6) is 0 Å². The second-order valence-electron chi connectivity index (χ2n) is 8.97. The molecule has 5 heteroatoms. The Hall–Kier alpha value is -1.59. The number of rotatable bonds is 4. The van der Waals surface area contributed by atoms with Crippen LogP contribution in [-0.2, 0) is 11.3 Å². The van der Waals surface area contributed by atoms with Gasteiger partial charge in [0.25, 0.3) is 0 Å². The summed E-state index contributed by atoms with van der Waals surface area (Å²) < 4.78 is 5.49. The Bertz CT molecular complexity index is 583. The molecular formula is C22H35N3O2. The van der Waals surface area contributed by atoms with Crippen molar-refractivity contribution in [1.29, 1.82) is 0 Å². The second-order valence-corrected chi connectivity index (χ2v) is 8.97. The molecule has 3 rings (SSSR count). The highest BCUT2D eigenvalue weighted by atomic mass is 16.6. The van der Waals surface area contributed by atoms with Crippen molar-refractivity contribution in [2.24, 2.45) is 5.92 Å². The molecule has 0 radical (unpaired) electrons. The number of hydrogen-bond donors (Lipinski definition) is 0. The maximum Gasteiger partial charge on any atom is 0.410 e. The lowest BCUT2D eigenvalue weighted by atomic mass is 9.95. The van der Waals surface area contributed by atoms with Crippen LogP contribution in [0.25, 0.3) is 0 Å². The summed E-state index contributed by atoms with van der Waals surface area (Å²) in [5, 5.41) is 0. The van der Waals surface area contributed by atoms with Crippen molar-refractivity contribution in [3.63, 3.8) is 0 Å². The summed E-state index contributed by atoms with van der Waals surface area (Å²) in [6.45, 7) is 13.9. The minimum atomic E-state index is -0.415. The first-order chi connectivity index (χ1) is 12.9. The van der Waals surface area contributed by atoms with E-state index in [1.54, 1.807) is 0 Å². The van der Waals surface area contributed by atoms with E-state index in [1.807, 2.05) is 25.7 Å². The summed E-state index contributed by atoms with van der Waals surface area (Å²) in [4.78, 5) is 19.1. The van der Waals surface area contributed by atoms with Gasteiger partial charge in [-0.2, -0.15) is 0 Å². The molecular weight excluding hydrogens is 338 g/mol. The highest BCUT2D eigenvalue weighted by Crippen LogP contribution is 2.21. The fraction of sp³-hybridized carbons (Fsp3) is 0.682. The molecule has 27 heavy (non-hydrogen) atoms. The zero-order valence-electron chi connectivity index (χ0n) is 17.2. The molecule has 0 unspecified atom stereocenters. The monoisotopic (exact) mass is 373 g/mol. The lowest BCUT2D eigenvalue weighted by Crippen LogP contribution is -2.51. The fourth-order valence-corrected chi connectivity index (χ4v) is 3.97. The zero-order valence-corrected chi connectivity index (χ0v) is 17.2. The topological polar surface area (TPSA) is 36.0 Å². The summed E-state index contributed by atoms with van der Waals surface area (Å²) in [7, 11) is 0. The van der Waals surface area contributed by atoms with E-state index >= 15 is 0 Å². The molecule has 0 saturated carbocycles. The molecule has 0 spiro atoms. The molecule has 0 aliphatic carbocycles. The number of ether oxygens (including phenoxy) is 1. The predicted octanol–water partition coefficient (Wildman–Crippen LogP) is 3.45. The third kappa shape index (κ3) is 6.51. The molecule has 0 aromatic heterocycles. The molecule has 2 aliphatic rings. The number of benzene rings is 1. The van der Waals surface area contributed by atoms with Gasteiger partial charge in [0.1, 0.15) is 5.60 Å². The smallest absolute Gasteiger partial charge is 0.410 e. The van der Waals surface area contributed by atoms with Crippen molar-refractivity contribution in [1.82, 2.24) is 14.7 Å². The van der Waals surface area contributed by atoms with Crippen molar-refractivity contribution in [3.05, 3.63) is 35.9 Å². The molecule has 0 atom stereocenters. The molecule has 150 valence electrons. The average Bonchev–Trinajstić information content (AvgIpc) is 2.63. The van der Waals surface area contributed by atoms with Crippen LogP contribution in [0.2, 0.25) is 0 Å². The highest BCUT2D eigenvalue weighted by Gasteiger charge is 2.27. The highest BCUT2D eigenvalue weighted by molar-refractivity contribution is 5.68. The van der Waals surface area contributed by atoms with Crippen molar-refractivity contribution in [2.75, 3.05) is 45.8 Å². The van der Waals surface area contributed by atoms with Gasteiger partial charge in [0.05, 0.1) is 0 Å². The van der Waals surface area contributed by atoms with Gasteiger partial charge in [-0.3, -0.25) is 9.80 Å². The van der Waals surface area contributed by atoms with Gasteiger partial charge in [-0.25, -0.2) is 4.79 Å². The van der Waals surface area contributed by atoms with E-state index in [2.05, 4.69) is 40.1 Å². The first kappa shape index (κ1) is 20.2. The molecule has 1 amide bonds. The van der Waals surface area contributed by atoms with Crippen molar-refractivity contribution < 1.29 is 9.53 Å². The number of piperidine rings is 1. The molecule has 0 N–H and O–H groups in total. The second kappa shape index (κ2) is 9.07. The first-order valence-electron chi connectivity index (χ1n) is 10.4. The lowest BCUT2D eigenvalue weighted by Gasteiger charge is -2.39. The van der Waals surface area contributed by atoms with Gasteiger partial charge < -0.3 is 9.64 Å². The normalized spacial score (nSPS) is 20.6. The van der Waals surface area contributed by atoms with Crippen molar-refractivity contribution in [2.45, 2.75) is 45.8 Å². The minimum absolute atomic E-state index is 0.170. The molecule has 2 heterocycles. The predicted molar refractivity (Wildman–Crippen MR) is 109 cm³/mol. The minimum Gasteiger partial charge on any atom is -0.444 e. The van der Waals surface area contributed by atoms with Gasteiger partial charge in [0.15, 0.2) is 0 Å². The van der Waals surface area contributed by atoms with E-state index in [-0.39, 0.29) is 6.09 Å². The van der Waals surface area contributed by atoms with Crippen molar-refractivity contribution in [3.8, 4) is 0 Å². The fourth-order valence-electron chi connectivity index (χ4n) is 3.97. The summed E-state index contributed by atoms with van der Waals surface area (Å²) in [6, 6.07) is 10.8. The van der Waals surface area contributed by atoms with Gasteiger partial charge in [-0.05, 0) is 58.2 Å². The average molecular weight is 374 g/mol. The van der Waals surface area contributed by atoms with E-state index in [0.717, 1.165) is 38.6 Å². The third-order valence-electron chi connectivity index (χ3n) is 5.50. The van der Waals surface area contributed by atoms with Gasteiger partial charge in [-0.15, -0.1) is 0 Å². The number of amides is 1. The van der Waals surface area contributed by atoms with E-state index in [0.29, 0.717) is 0 Å². The molecule has 1 aromatic rings. The largest absolute Gasteiger partial charge is 0.444 e. The summed E-state index contributed by atoms with van der Waals surface area (Å²) in [6.07, 6.45) is 2.38. The lowest BCUT2D eigenvalue weighted by molar-refractivity contribution is 0.0122. The Morgan fingerprint density at radius 3 is 2.19 bits per heavy atom. The SMILES string of the molecule is CC(C)(C)OC(=O)N1CCN(CC2CCN(Cc3ccccc3)CC2)CC1. The number of hydrogen-bond acceptors (Lipinski definition) is 4. The van der Waals surface area contributed by atoms with Crippen molar-refractivity contribution >= 4 is 6.09 Å². The van der Waals surface area contributed by atoms with Crippen LogP contribution < -0.4 is 0 Å². The summed E-state index contributed by atoms with van der Waals surface area (Å²) in [5.74, 6) is 0.783. The maximum absolute atomic E-state index is 12.2. The quantitative estimate of drug-likeness (QED) is 0.810. The van der Waals surface area contributed by atoms with Crippen LogP contribution in [-0.4, -0.2) is 72.2 Å². The van der Waals surface area contributed by atoms with Crippen LogP contribution in [0, 0.1) is 5.92 Å². The Morgan fingerprint density at radius 2 is 1.59 bits per heavy atom. The standard InChI is InChI=1S/C22H35N3O2/c1-22(2,3)27-21(26)25-15-13-24(14-16-25)18-20-9-11-23(12-10-20)17-19-7-5-4-6-8-19/h4-8,20H,9-18H2,1-3H3. The van der Waals surface area contributed by atoms with E-state index in [9.17, 15) is 4.79 Å². The van der Waals surface area contributed by atoms with Gasteiger partial charge in [0.2, 0.25) is 0 Å². The third-order valence-corrected chi connectivity index (χ3v) is 5.50. The Labute approximate surface area is 164 Å². The van der Waals surface area contributed by atoms with E-state index in [4.69, 9.17) is 4.74 Å². The number of likely N-dealkylation sites (tertiary alicyclic amines) is 1. The number of piperazine rings is 1. The molecule has 1 aromatic carbocycles. The molecule has 2 fully saturated rings. The number of carbonyl (C=O) groups excluding carboxylic acids is 1. The van der Waals surface area contributed by atoms with Gasteiger partial charge in [-0.1, -0.05) is 30.3 Å². The number of nitrogens with zero attached hydrogens (tertiary/aromatic N) is 3. The van der Waals surface area contributed by atoms with E-state index < -0.39 is 5.60 Å². The Balaban J connectivity index is 1.35. The Morgan fingerprint density at radius 1 is 0.963 bits per heavy atom. The van der Waals surface area contributed by atoms with Crippen LogP contribution in [0.3, 0.4) is 0 Å². The molecule has 2 saturated heterocycles. The van der Waals surface area contributed by atoms with E-state index in [1.165, 1.54) is 38.0 Å². The maximum atomic E-state index is 12.2. The molecule has 5 nitrogen and oxygen atoms in total. The Kier molecular flexibility index (Phi) is 6.77. The van der Waals surface area contributed by atoms with Crippen LogP contribution in [0.1, 0.15) is 39.2 Å². The molecule has 0 bridgehead atoms.